The van der Waals surface area contributed by atoms with Gasteiger partial charge in [-0.2, -0.15) is 0 Å². The van der Waals surface area contributed by atoms with Gasteiger partial charge in [-0.3, -0.25) is 9.78 Å². The number of aryl methyl sites for hydroxylation is 1. The van der Waals surface area contributed by atoms with Gasteiger partial charge in [0.15, 0.2) is 0 Å². The first-order valence-corrected chi connectivity index (χ1v) is 10.5. The van der Waals surface area contributed by atoms with E-state index in [0.717, 1.165) is 15.0 Å². The normalized spacial score (nSPS) is 11.7. The fourth-order valence-electron chi connectivity index (χ4n) is 2.86. The predicted octanol–water partition coefficient (Wildman–Crippen LogP) is 6.14. The zero-order valence-electron chi connectivity index (χ0n) is 16.6. The van der Waals surface area contributed by atoms with Gasteiger partial charge in [0.25, 0.3) is 5.91 Å². The first-order chi connectivity index (χ1) is 14.0. The maximum atomic E-state index is 12.7. The molecular formula is C23H23IN2O3. The molecular weight excluding hydrogens is 479 g/mol. The molecule has 1 N–H and O–H groups in total. The highest BCUT2D eigenvalue weighted by Gasteiger charge is 2.14. The Morgan fingerprint density at radius 2 is 1.86 bits per heavy atom. The van der Waals surface area contributed by atoms with Crippen LogP contribution in [-0.2, 0) is 4.74 Å². The summed E-state index contributed by atoms with van der Waals surface area (Å²) >= 11 is 2.25. The SMILES string of the molecule is CCOC(C)c1ccc(C(=O)Nc2cccc(Oc3ccc(I)cc3)c2)c(C)n1. The number of rotatable bonds is 7. The summed E-state index contributed by atoms with van der Waals surface area (Å²) in [5, 5.41) is 2.92. The quantitative estimate of drug-likeness (QED) is 0.395. The van der Waals surface area contributed by atoms with Crippen LogP contribution in [0.5, 0.6) is 11.5 Å². The molecule has 3 aromatic rings. The second-order valence-electron chi connectivity index (χ2n) is 6.50. The van der Waals surface area contributed by atoms with Crippen LogP contribution in [-0.4, -0.2) is 17.5 Å². The third-order valence-electron chi connectivity index (χ3n) is 4.33. The van der Waals surface area contributed by atoms with E-state index in [0.29, 0.717) is 29.3 Å². The predicted molar refractivity (Wildman–Crippen MR) is 123 cm³/mol. The summed E-state index contributed by atoms with van der Waals surface area (Å²) in [6.07, 6.45) is -0.106. The molecule has 0 bridgehead atoms. The van der Waals surface area contributed by atoms with Gasteiger partial charge in [0, 0.05) is 21.9 Å². The lowest BCUT2D eigenvalue weighted by molar-refractivity contribution is 0.0732. The molecule has 0 aliphatic carbocycles. The van der Waals surface area contributed by atoms with Crippen molar-refractivity contribution in [1.82, 2.24) is 4.98 Å². The Balaban J connectivity index is 1.71. The van der Waals surface area contributed by atoms with E-state index in [-0.39, 0.29) is 12.0 Å². The summed E-state index contributed by atoms with van der Waals surface area (Å²) < 4.78 is 12.6. The van der Waals surface area contributed by atoms with Gasteiger partial charge in [-0.15, -0.1) is 0 Å². The molecule has 0 aliphatic rings. The van der Waals surface area contributed by atoms with Gasteiger partial charge in [-0.1, -0.05) is 6.07 Å². The standard InChI is InChI=1S/C23H23IN2O3/c1-4-28-16(3)22-13-12-21(15(2)25-22)23(27)26-18-6-5-7-20(14-18)29-19-10-8-17(24)9-11-19/h5-14,16H,4H2,1-3H3,(H,26,27). The molecule has 0 saturated heterocycles. The van der Waals surface area contributed by atoms with E-state index in [9.17, 15) is 4.79 Å². The van der Waals surface area contributed by atoms with E-state index < -0.39 is 0 Å². The molecule has 0 radical (unpaired) electrons. The van der Waals surface area contributed by atoms with Crippen molar-refractivity contribution < 1.29 is 14.3 Å². The highest BCUT2D eigenvalue weighted by molar-refractivity contribution is 14.1. The molecule has 3 rings (SSSR count). The van der Waals surface area contributed by atoms with Gasteiger partial charge < -0.3 is 14.8 Å². The molecule has 0 spiro atoms. The van der Waals surface area contributed by atoms with Crippen molar-refractivity contribution in [2.75, 3.05) is 11.9 Å². The summed E-state index contributed by atoms with van der Waals surface area (Å²) in [4.78, 5) is 17.2. The molecule has 1 amide bonds. The zero-order chi connectivity index (χ0) is 20.8. The van der Waals surface area contributed by atoms with Crippen LogP contribution in [0, 0.1) is 10.5 Å². The van der Waals surface area contributed by atoms with Crippen LogP contribution in [0.2, 0.25) is 0 Å². The Labute approximate surface area is 184 Å². The fourth-order valence-corrected chi connectivity index (χ4v) is 3.22. The number of ether oxygens (including phenoxy) is 2. The molecule has 1 unspecified atom stereocenters. The number of aromatic nitrogens is 1. The minimum atomic E-state index is -0.211. The van der Waals surface area contributed by atoms with Crippen LogP contribution in [0.4, 0.5) is 5.69 Å². The Hall–Kier alpha value is -2.45. The minimum Gasteiger partial charge on any atom is -0.457 e. The number of halogens is 1. The van der Waals surface area contributed by atoms with Crippen LogP contribution >= 0.6 is 22.6 Å². The Kier molecular flexibility index (Phi) is 7.22. The fraction of sp³-hybridized carbons (Fsp3) is 0.217. The lowest BCUT2D eigenvalue weighted by Crippen LogP contribution is -2.15. The third kappa shape index (κ3) is 5.77. The lowest BCUT2D eigenvalue weighted by atomic mass is 10.1. The molecule has 1 aromatic heterocycles. The Morgan fingerprint density at radius 1 is 1.10 bits per heavy atom. The van der Waals surface area contributed by atoms with Gasteiger partial charge in [0.2, 0.25) is 0 Å². The Bertz CT molecular complexity index is 990. The van der Waals surface area contributed by atoms with E-state index >= 15 is 0 Å². The van der Waals surface area contributed by atoms with Crippen molar-refractivity contribution in [1.29, 1.82) is 0 Å². The number of carbonyl (C=O) groups excluding carboxylic acids is 1. The van der Waals surface area contributed by atoms with Crippen LogP contribution in [0.1, 0.15) is 41.7 Å². The summed E-state index contributed by atoms with van der Waals surface area (Å²) in [5.74, 6) is 1.18. The van der Waals surface area contributed by atoms with Gasteiger partial charge >= 0.3 is 0 Å². The van der Waals surface area contributed by atoms with Crippen LogP contribution < -0.4 is 10.1 Å². The number of benzene rings is 2. The second kappa shape index (κ2) is 9.84. The number of carbonyl (C=O) groups is 1. The molecule has 2 aromatic carbocycles. The van der Waals surface area contributed by atoms with Crippen molar-refractivity contribution >= 4 is 34.2 Å². The summed E-state index contributed by atoms with van der Waals surface area (Å²) in [7, 11) is 0. The topological polar surface area (TPSA) is 60.5 Å². The molecule has 0 aliphatic heterocycles. The molecule has 0 saturated carbocycles. The van der Waals surface area contributed by atoms with Gasteiger partial charge in [-0.25, -0.2) is 0 Å². The monoisotopic (exact) mass is 502 g/mol. The molecule has 1 heterocycles. The first kappa shape index (κ1) is 21.3. The lowest BCUT2D eigenvalue weighted by Gasteiger charge is -2.14. The average Bonchev–Trinajstić information content (AvgIpc) is 2.70. The van der Waals surface area contributed by atoms with Crippen LogP contribution in [0.25, 0.3) is 0 Å². The van der Waals surface area contributed by atoms with Crippen molar-refractivity contribution in [3.05, 3.63) is 81.2 Å². The smallest absolute Gasteiger partial charge is 0.257 e. The van der Waals surface area contributed by atoms with E-state index in [1.165, 1.54) is 0 Å². The van der Waals surface area contributed by atoms with Crippen molar-refractivity contribution in [3.8, 4) is 11.5 Å². The number of nitrogens with zero attached hydrogens (tertiary/aromatic N) is 1. The molecule has 29 heavy (non-hydrogen) atoms. The molecule has 0 fully saturated rings. The number of hydrogen-bond acceptors (Lipinski definition) is 4. The van der Waals surface area contributed by atoms with Crippen LogP contribution in [0.15, 0.2) is 60.7 Å². The third-order valence-corrected chi connectivity index (χ3v) is 5.05. The molecule has 5 nitrogen and oxygen atoms in total. The number of amides is 1. The number of nitrogens with one attached hydrogen (secondary N) is 1. The largest absolute Gasteiger partial charge is 0.457 e. The van der Waals surface area contributed by atoms with E-state index in [1.807, 2.05) is 69.3 Å². The number of pyridine rings is 1. The van der Waals surface area contributed by atoms with Crippen molar-refractivity contribution in [2.45, 2.75) is 26.9 Å². The zero-order valence-corrected chi connectivity index (χ0v) is 18.8. The van der Waals surface area contributed by atoms with E-state index in [2.05, 4.69) is 32.9 Å². The van der Waals surface area contributed by atoms with E-state index in [4.69, 9.17) is 9.47 Å². The highest BCUT2D eigenvalue weighted by atomic mass is 127. The molecule has 6 heteroatoms. The number of hydrogen-bond donors (Lipinski definition) is 1. The first-order valence-electron chi connectivity index (χ1n) is 9.40. The summed E-state index contributed by atoms with van der Waals surface area (Å²) in [6, 6.07) is 18.7. The second-order valence-corrected chi connectivity index (χ2v) is 7.75. The average molecular weight is 502 g/mol. The maximum Gasteiger partial charge on any atom is 0.257 e. The maximum absolute atomic E-state index is 12.7. The van der Waals surface area contributed by atoms with Gasteiger partial charge in [0.1, 0.15) is 11.5 Å². The van der Waals surface area contributed by atoms with E-state index in [1.54, 1.807) is 12.1 Å². The molecule has 150 valence electrons. The van der Waals surface area contributed by atoms with Crippen LogP contribution in [0.3, 0.4) is 0 Å². The highest BCUT2D eigenvalue weighted by Crippen LogP contribution is 2.25. The van der Waals surface area contributed by atoms with Crippen molar-refractivity contribution in [2.24, 2.45) is 0 Å². The van der Waals surface area contributed by atoms with Gasteiger partial charge in [0.05, 0.1) is 23.1 Å². The van der Waals surface area contributed by atoms with Gasteiger partial charge in [-0.05, 0) is 91.9 Å². The summed E-state index contributed by atoms with van der Waals surface area (Å²) in [5.41, 5.74) is 2.66. The minimum absolute atomic E-state index is 0.106. The molecule has 1 atom stereocenters. The Morgan fingerprint density at radius 3 is 2.55 bits per heavy atom. The summed E-state index contributed by atoms with van der Waals surface area (Å²) in [6.45, 7) is 6.34. The number of anilines is 1. The van der Waals surface area contributed by atoms with Crippen molar-refractivity contribution in [3.63, 3.8) is 0 Å².